The first-order chi connectivity index (χ1) is 8.94. The average molecular weight is 269 g/mol. The molecular formula is C14H27N3O2. The first-order valence-electron chi connectivity index (χ1n) is 7.38. The van der Waals surface area contributed by atoms with E-state index in [1.807, 2.05) is 25.7 Å². The van der Waals surface area contributed by atoms with E-state index in [1.54, 1.807) is 0 Å². The molecule has 5 nitrogen and oxygen atoms in total. The molecule has 2 aliphatic heterocycles. The SMILES string of the molecule is CC(C)(C)OC(=O)N1CCN[C@@H](CN2CCCC2)C1. The fraction of sp³-hybridized carbons (Fsp3) is 0.929. The van der Waals surface area contributed by atoms with Crippen molar-refractivity contribution in [1.29, 1.82) is 0 Å². The quantitative estimate of drug-likeness (QED) is 0.820. The van der Waals surface area contributed by atoms with E-state index in [1.165, 1.54) is 25.9 Å². The minimum Gasteiger partial charge on any atom is -0.444 e. The minimum atomic E-state index is -0.410. The molecule has 19 heavy (non-hydrogen) atoms. The topological polar surface area (TPSA) is 44.8 Å². The molecular weight excluding hydrogens is 242 g/mol. The summed E-state index contributed by atoms with van der Waals surface area (Å²) in [5.41, 5.74) is -0.410. The molecule has 0 aromatic heterocycles. The van der Waals surface area contributed by atoms with E-state index in [0.717, 1.165) is 26.2 Å². The van der Waals surface area contributed by atoms with Gasteiger partial charge in [-0.3, -0.25) is 0 Å². The van der Waals surface area contributed by atoms with Crippen LogP contribution >= 0.6 is 0 Å². The van der Waals surface area contributed by atoms with Crippen LogP contribution < -0.4 is 5.32 Å². The monoisotopic (exact) mass is 269 g/mol. The lowest BCUT2D eigenvalue weighted by atomic mass is 10.2. The fourth-order valence-corrected chi connectivity index (χ4v) is 2.72. The van der Waals surface area contributed by atoms with Crippen molar-refractivity contribution in [3.05, 3.63) is 0 Å². The Balaban J connectivity index is 1.80. The van der Waals surface area contributed by atoms with Crippen molar-refractivity contribution < 1.29 is 9.53 Å². The van der Waals surface area contributed by atoms with Crippen LogP contribution in [-0.4, -0.2) is 66.8 Å². The summed E-state index contributed by atoms with van der Waals surface area (Å²) in [6.07, 6.45) is 2.44. The molecule has 0 aliphatic carbocycles. The highest BCUT2D eigenvalue weighted by atomic mass is 16.6. The van der Waals surface area contributed by atoms with E-state index in [9.17, 15) is 4.79 Å². The molecule has 0 aromatic carbocycles. The average Bonchev–Trinajstić information content (AvgIpc) is 2.80. The summed E-state index contributed by atoms with van der Waals surface area (Å²) in [5, 5.41) is 3.50. The first-order valence-corrected chi connectivity index (χ1v) is 7.38. The Labute approximate surface area is 116 Å². The Bertz CT molecular complexity index is 308. The Morgan fingerprint density at radius 1 is 1.26 bits per heavy atom. The maximum Gasteiger partial charge on any atom is 0.410 e. The maximum atomic E-state index is 12.1. The van der Waals surface area contributed by atoms with Gasteiger partial charge in [-0.05, 0) is 46.7 Å². The van der Waals surface area contributed by atoms with Crippen LogP contribution in [0.2, 0.25) is 0 Å². The van der Waals surface area contributed by atoms with E-state index < -0.39 is 5.60 Å². The van der Waals surface area contributed by atoms with Crippen molar-refractivity contribution in [3.63, 3.8) is 0 Å². The molecule has 2 rings (SSSR count). The first kappa shape index (κ1) is 14.6. The summed E-state index contributed by atoms with van der Waals surface area (Å²) in [4.78, 5) is 16.4. The number of nitrogens with one attached hydrogen (secondary N) is 1. The molecule has 0 spiro atoms. The molecule has 2 saturated heterocycles. The van der Waals surface area contributed by atoms with Gasteiger partial charge in [-0.25, -0.2) is 4.79 Å². The Morgan fingerprint density at radius 3 is 2.58 bits per heavy atom. The zero-order valence-electron chi connectivity index (χ0n) is 12.4. The third-order valence-corrected chi connectivity index (χ3v) is 3.58. The van der Waals surface area contributed by atoms with Gasteiger partial charge in [-0.2, -0.15) is 0 Å². The lowest BCUT2D eigenvalue weighted by Gasteiger charge is -2.36. The zero-order chi connectivity index (χ0) is 13.9. The third kappa shape index (κ3) is 4.66. The Hall–Kier alpha value is -0.810. The maximum absolute atomic E-state index is 12.1. The largest absolute Gasteiger partial charge is 0.444 e. The molecule has 5 heteroatoms. The summed E-state index contributed by atoms with van der Waals surface area (Å²) in [7, 11) is 0. The second-order valence-corrected chi connectivity index (χ2v) is 6.59. The van der Waals surface area contributed by atoms with Gasteiger partial charge in [0.15, 0.2) is 0 Å². The highest BCUT2D eigenvalue weighted by molar-refractivity contribution is 5.68. The number of hydrogen-bond acceptors (Lipinski definition) is 4. The normalized spacial score (nSPS) is 25.6. The highest BCUT2D eigenvalue weighted by Crippen LogP contribution is 2.13. The number of carbonyl (C=O) groups is 1. The van der Waals surface area contributed by atoms with Crippen molar-refractivity contribution in [2.75, 3.05) is 39.3 Å². The molecule has 2 aliphatic rings. The van der Waals surface area contributed by atoms with Crippen molar-refractivity contribution in [1.82, 2.24) is 15.1 Å². The van der Waals surface area contributed by atoms with Crippen LogP contribution in [0, 0.1) is 0 Å². The number of carbonyl (C=O) groups excluding carboxylic acids is 1. The van der Waals surface area contributed by atoms with Crippen molar-refractivity contribution in [2.45, 2.75) is 45.3 Å². The van der Waals surface area contributed by atoms with Gasteiger partial charge in [0.2, 0.25) is 0 Å². The van der Waals surface area contributed by atoms with Gasteiger partial charge in [0, 0.05) is 32.2 Å². The van der Waals surface area contributed by atoms with Crippen LogP contribution in [0.3, 0.4) is 0 Å². The van der Waals surface area contributed by atoms with Gasteiger partial charge < -0.3 is 19.9 Å². The van der Waals surface area contributed by atoms with Gasteiger partial charge in [-0.1, -0.05) is 0 Å². The number of nitrogens with zero attached hydrogens (tertiary/aromatic N) is 2. The molecule has 2 fully saturated rings. The van der Waals surface area contributed by atoms with Gasteiger partial charge in [0.1, 0.15) is 5.60 Å². The fourth-order valence-electron chi connectivity index (χ4n) is 2.72. The summed E-state index contributed by atoms with van der Waals surface area (Å²) in [5.74, 6) is 0. The summed E-state index contributed by atoms with van der Waals surface area (Å²) >= 11 is 0. The summed E-state index contributed by atoms with van der Waals surface area (Å²) in [6, 6.07) is 0.374. The smallest absolute Gasteiger partial charge is 0.410 e. The molecule has 2 heterocycles. The molecule has 1 atom stereocenters. The Kier molecular flexibility index (Phi) is 4.68. The number of ether oxygens (including phenoxy) is 1. The molecule has 0 bridgehead atoms. The van der Waals surface area contributed by atoms with Crippen molar-refractivity contribution in [2.24, 2.45) is 0 Å². The molecule has 0 unspecified atom stereocenters. The van der Waals surface area contributed by atoms with Crippen molar-refractivity contribution in [3.8, 4) is 0 Å². The predicted molar refractivity (Wildman–Crippen MR) is 75.3 cm³/mol. The number of piperazine rings is 1. The van der Waals surface area contributed by atoms with Crippen molar-refractivity contribution >= 4 is 6.09 Å². The van der Waals surface area contributed by atoms with E-state index in [2.05, 4.69) is 10.2 Å². The van der Waals surface area contributed by atoms with Crippen LogP contribution in [0.15, 0.2) is 0 Å². The van der Waals surface area contributed by atoms with E-state index in [4.69, 9.17) is 4.74 Å². The van der Waals surface area contributed by atoms with Crippen LogP contribution in [0.5, 0.6) is 0 Å². The van der Waals surface area contributed by atoms with E-state index in [0.29, 0.717) is 6.04 Å². The van der Waals surface area contributed by atoms with Gasteiger partial charge in [-0.15, -0.1) is 0 Å². The second kappa shape index (κ2) is 6.09. The van der Waals surface area contributed by atoms with Gasteiger partial charge >= 0.3 is 6.09 Å². The van der Waals surface area contributed by atoms with Crippen LogP contribution in [0.25, 0.3) is 0 Å². The van der Waals surface area contributed by atoms with Gasteiger partial charge in [0.05, 0.1) is 0 Å². The number of likely N-dealkylation sites (tertiary alicyclic amines) is 1. The molecule has 0 saturated carbocycles. The minimum absolute atomic E-state index is 0.180. The highest BCUT2D eigenvalue weighted by Gasteiger charge is 2.28. The third-order valence-electron chi connectivity index (χ3n) is 3.58. The molecule has 110 valence electrons. The van der Waals surface area contributed by atoms with Crippen LogP contribution in [0.1, 0.15) is 33.6 Å². The molecule has 1 amide bonds. The molecule has 1 N–H and O–H groups in total. The molecule has 0 aromatic rings. The van der Waals surface area contributed by atoms with Crippen LogP contribution in [-0.2, 0) is 4.74 Å². The molecule has 0 radical (unpaired) electrons. The lowest BCUT2D eigenvalue weighted by Crippen LogP contribution is -2.56. The Morgan fingerprint density at radius 2 is 1.95 bits per heavy atom. The zero-order valence-corrected chi connectivity index (χ0v) is 12.4. The van der Waals surface area contributed by atoms with Crippen LogP contribution in [0.4, 0.5) is 4.79 Å². The number of hydrogen-bond donors (Lipinski definition) is 1. The van der Waals surface area contributed by atoms with E-state index in [-0.39, 0.29) is 6.09 Å². The van der Waals surface area contributed by atoms with Gasteiger partial charge in [0.25, 0.3) is 0 Å². The second-order valence-electron chi connectivity index (χ2n) is 6.59. The number of rotatable bonds is 2. The standard InChI is InChI=1S/C14H27N3O2/c1-14(2,3)19-13(18)17-9-6-15-12(11-17)10-16-7-4-5-8-16/h12,15H,4-11H2,1-3H3/t12-/m0/s1. The lowest BCUT2D eigenvalue weighted by molar-refractivity contribution is 0.0184. The number of amides is 1. The van der Waals surface area contributed by atoms with E-state index >= 15 is 0 Å². The summed E-state index contributed by atoms with van der Waals surface area (Å²) < 4.78 is 5.44. The predicted octanol–water partition coefficient (Wildman–Crippen LogP) is 1.29. The summed E-state index contributed by atoms with van der Waals surface area (Å²) in [6.45, 7) is 11.5.